The first-order valence-electron chi connectivity index (χ1n) is 10.8. The molecular formula is C24H26ClN5O4S. The van der Waals surface area contributed by atoms with Crippen LogP contribution in [0.2, 0.25) is 5.02 Å². The molecule has 0 spiro atoms. The van der Waals surface area contributed by atoms with E-state index in [1.807, 2.05) is 13.8 Å². The van der Waals surface area contributed by atoms with Crippen LogP contribution in [0, 0.1) is 5.92 Å². The Morgan fingerprint density at radius 1 is 1.11 bits per heavy atom. The van der Waals surface area contributed by atoms with Gasteiger partial charge in [0.2, 0.25) is 5.91 Å². The van der Waals surface area contributed by atoms with Crippen LogP contribution in [-0.2, 0) is 4.79 Å². The Hall–Kier alpha value is -3.63. The number of phenols is 1. The van der Waals surface area contributed by atoms with Gasteiger partial charge in [-0.2, -0.15) is 4.37 Å². The first kappa shape index (κ1) is 26.0. The summed E-state index contributed by atoms with van der Waals surface area (Å²) in [6, 6.07) is 11.2. The van der Waals surface area contributed by atoms with E-state index in [1.54, 1.807) is 36.4 Å². The standard InChI is InChI=1S/C24H26ClN5O4S/c1-13(2)11-12-28-23(33)20(14-3-9-17(31)10-4-14)30(16-7-5-15(25)6-8-16)24(34)21-18(26)19(22(27)32)29-35-21/h3-10,13,20,31H,11-12,26H2,1-2H3,(H2,27,32)(H,28,33)/t20-/m0/s1. The van der Waals surface area contributed by atoms with E-state index < -0.39 is 23.8 Å². The predicted octanol–water partition coefficient (Wildman–Crippen LogP) is 3.73. The molecule has 3 aromatic rings. The molecule has 11 heteroatoms. The lowest BCUT2D eigenvalue weighted by atomic mass is 10.0. The number of nitrogens with zero attached hydrogens (tertiary/aromatic N) is 2. The van der Waals surface area contributed by atoms with Gasteiger partial charge in [-0.1, -0.05) is 37.6 Å². The number of carbonyl (C=O) groups excluding carboxylic acids is 3. The molecule has 1 aromatic heterocycles. The van der Waals surface area contributed by atoms with Crippen LogP contribution in [0.15, 0.2) is 48.5 Å². The molecule has 2 aromatic carbocycles. The predicted molar refractivity (Wildman–Crippen MR) is 137 cm³/mol. The number of nitrogen functional groups attached to an aromatic ring is 1. The summed E-state index contributed by atoms with van der Waals surface area (Å²) < 4.78 is 3.92. The maximum absolute atomic E-state index is 13.9. The van der Waals surface area contributed by atoms with E-state index in [9.17, 15) is 19.5 Å². The largest absolute Gasteiger partial charge is 0.508 e. The van der Waals surface area contributed by atoms with Crippen molar-refractivity contribution < 1.29 is 19.5 Å². The molecule has 0 radical (unpaired) electrons. The Kier molecular flexibility index (Phi) is 8.31. The Balaban J connectivity index is 2.14. The number of phenolic OH excluding ortho intramolecular Hbond substituents is 1. The minimum Gasteiger partial charge on any atom is -0.508 e. The molecule has 9 nitrogen and oxygen atoms in total. The SMILES string of the molecule is CC(C)CCNC(=O)[C@H](c1ccc(O)cc1)N(C(=O)c1snc(C(N)=O)c1N)c1ccc(Cl)cc1. The van der Waals surface area contributed by atoms with E-state index in [4.69, 9.17) is 23.1 Å². The van der Waals surface area contributed by atoms with Crippen molar-refractivity contribution in [2.45, 2.75) is 26.3 Å². The second-order valence-electron chi connectivity index (χ2n) is 8.26. The van der Waals surface area contributed by atoms with Crippen LogP contribution >= 0.6 is 23.1 Å². The molecule has 184 valence electrons. The lowest BCUT2D eigenvalue weighted by Crippen LogP contribution is -2.44. The van der Waals surface area contributed by atoms with Crippen molar-refractivity contribution in [1.29, 1.82) is 0 Å². The summed E-state index contributed by atoms with van der Waals surface area (Å²) in [5.41, 5.74) is 11.8. The Labute approximate surface area is 211 Å². The first-order chi connectivity index (χ1) is 16.6. The number of amides is 3. The second kappa shape index (κ2) is 11.2. The fraction of sp³-hybridized carbons (Fsp3) is 0.250. The Morgan fingerprint density at radius 3 is 2.29 bits per heavy atom. The number of benzene rings is 2. The van der Waals surface area contributed by atoms with Crippen LogP contribution in [-0.4, -0.2) is 33.7 Å². The molecule has 0 aliphatic carbocycles. The van der Waals surface area contributed by atoms with Gasteiger partial charge >= 0.3 is 0 Å². The average Bonchev–Trinajstić information content (AvgIpc) is 3.20. The van der Waals surface area contributed by atoms with Gasteiger partial charge in [-0.25, -0.2) is 0 Å². The number of carbonyl (C=O) groups is 3. The van der Waals surface area contributed by atoms with Crippen LogP contribution in [0.5, 0.6) is 5.75 Å². The fourth-order valence-corrected chi connectivity index (χ4v) is 4.25. The highest BCUT2D eigenvalue weighted by molar-refractivity contribution is 7.09. The fourth-order valence-electron chi connectivity index (χ4n) is 3.38. The highest BCUT2D eigenvalue weighted by Crippen LogP contribution is 2.34. The number of anilines is 2. The zero-order valence-electron chi connectivity index (χ0n) is 19.2. The van der Waals surface area contributed by atoms with Crippen molar-refractivity contribution in [1.82, 2.24) is 9.69 Å². The van der Waals surface area contributed by atoms with Crippen molar-refractivity contribution in [3.05, 3.63) is 69.7 Å². The summed E-state index contributed by atoms with van der Waals surface area (Å²) in [5.74, 6) is -1.57. The van der Waals surface area contributed by atoms with Crippen molar-refractivity contribution >= 4 is 52.2 Å². The lowest BCUT2D eigenvalue weighted by molar-refractivity contribution is -0.122. The second-order valence-corrected chi connectivity index (χ2v) is 9.47. The number of rotatable bonds is 9. The van der Waals surface area contributed by atoms with E-state index >= 15 is 0 Å². The maximum Gasteiger partial charge on any atom is 0.273 e. The normalized spacial score (nSPS) is 11.8. The molecule has 1 atom stereocenters. The highest BCUT2D eigenvalue weighted by Gasteiger charge is 2.36. The van der Waals surface area contributed by atoms with Gasteiger partial charge in [-0.15, -0.1) is 0 Å². The topological polar surface area (TPSA) is 152 Å². The van der Waals surface area contributed by atoms with E-state index in [1.165, 1.54) is 17.0 Å². The molecule has 0 aliphatic heterocycles. The quantitative estimate of drug-likeness (QED) is 0.340. The number of nitrogens with two attached hydrogens (primary N) is 2. The number of halogens is 1. The molecule has 0 saturated carbocycles. The third kappa shape index (κ3) is 6.09. The molecule has 3 amide bonds. The third-order valence-corrected chi connectivity index (χ3v) is 6.32. The summed E-state index contributed by atoms with van der Waals surface area (Å²) >= 11 is 6.78. The average molecular weight is 516 g/mol. The van der Waals surface area contributed by atoms with Crippen LogP contribution in [0.4, 0.5) is 11.4 Å². The summed E-state index contributed by atoms with van der Waals surface area (Å²) in [4.78, 5) is 40.3. The van der Waals surface area contributed by atoms with Crippen molar-refractivity contribution in [3.63, 3.8) is 0 Å². The van der Waals surface area contributed by atoms with E-state index in [0.29, 0.717) is 28.7 Å². The van der Waals surface area contributed by atoms with E-state index in [-0.39, 0.29) is 22.0 Å². The number of hydrogen-bond acceptors (Lipinski definition) is 7. The van der Waals surface area contributed by atoms with Crippen molar-refractivity contribution in [2.24, 2.45) is 11.7 Å². The minimum absolute atomic E-state index is 0.00915. The summed E-state index contributed by atoms with van der Waals surface area (Å²) in [6.45, 7) is 4.48. The summed E-state index contributed by atoms with van der Waals surface area (Å²) in [7, 11) is 0. The molecular weight excluding hydrogens is 490 g/mol. The molecule has 0 aliphatic rings. The van der Waals surface area contributed by atoms with Gasteiger partial charge in [0.25, 0.3) is 11.8 Å². The van der Waals surface area contributed by atoms with Gasteiger partial charge in [0.05, 0.1) is 5.69 Å². The van der Waals surface area contributed by atoms with Crippen LogP contribution in [0.1, 0.15) is 52.0 Å². The van der Waals surface area contributed by atoms with Gasteiger partial charge in [-0.3, -0.25) is 19.3 Å². The van der Waals surface area contributed by atoms with Crippen LogP contribution in [0.3, 0.4) is 0 Å². The molecule has 0 unspecified atom stereocenters. The summed E-state index contributed by atoms with van der Waals surface area (Å²) in [5, 5.41) is 13.1. The minimum atomic E-state index is -1.13. The highest BCUT2D eigenvalue weighted by atomic mass is 35.5. The van der Waals surface area contributed by atoms with Gasteiger partial charge < -0.3 is 21.9 Å². The van der Waals surface area contributed by atoms with Crippen molar-refractivity contribution in [2.75, 3.05) is 17.2 Å². The zero-order valence-corrected chi connectivity index (χ0v) is 20.8. The molecule has 3 rings (SSSR count). The van der Waals surface area contributed by atoms with E-state index in [2.05, 4.69) is 9.69 Å². The molecule has 35 heavy (non-hydrogen) atoms. The molecule has 0 saturated heterocycles. The Bertz CT molecular complexity index is 1210. The zero-order chi connectivity index (χ0) is 25.7. The number of nitrogens with one attached hydrogen (secondary N) is 1. The van der Waals surface area contributed by atoms with Crippen molar-refractivity contribution in [3.8, 4) is 5.75 Å². The summed E-state index contributed by atoms with van der Waals surface area (Å²) in [6.07, 6.45) is 0.743. The van der Waals surface area contributed by atoms with Gasteiger partial charge in [0, 0.05) is 17.3 Å². The van der Waals surface area contributed by atoms with Crippen LogP contribution in [0.25, 0.3) is 0 Å². The van der Waals surface area contributed by atoms with Gasteiger partial charge in [0.1, 0.15) is 16.7 Å². The van der Waals surface area contributed by atoms with Gasteiger partial charge in [0.15, 0.2) is 5.69 Å². The molecule has 1 heterocycles. The number of aromatic nitrogens is 1. The maximum atomic E-state index is 13.9. The van der Waals surface area contributed by atoms with E-state index in [0.717, 1.165) is 18.0 Å². The Morgan fingerprint density at radius 2 is 1.74 bits per heavy atom. The number of aromatic hydroxyl groups is 1. The monoisotopic (exact) mass is 515 g/mol. The van der Waals surface area contributed by atoms with Gasteiger partial charge in [-0.05, 0) is 65.8 Å². The smallest absolute Gasteiger partial charge is 0.273 e. The number of primary amides is 1. The molecule has 0 bridgehead atoms. The molecule has 6 N–H and O–H groups in total. The number of hydrogen-bond donors (Lipinski definition) is 4. The third-order valence-electron chi connectivity index (χ3n) is 5.22. The lowest BCUT2D eigenvalue weighted by Gasteiger charge is -2.31. The molecule has 0 fully saturated rings. The first-order valence-corrected chi connectivity index (χ1v) is 12.0. The van der Waals surface area contributed by atoms with Crippen LogP contribution < -0.4 is 21.7 Å².